The van der Waals surface area contributed by atoms with Crippen LogP contribution in [0.3, 0.4) is 0 Å². The standard InChI is InChI=1S/C27H25N5/c1-17-14-27(28,15-17)22-10-8-20(9-11-22)25-23(19-6-4-3-5-7-19)13-21-16-29-24-12-18(2)31-32(24)26(21)30-25/h3-13,16-17H,14-15,28H2,1-2H3. The molecule has 5 aromatic rings. The van der Waals surface area contributed by atoms with Gasteiger partial charge in [-0.1, -0.05) is 61.5 Å². The van der Waals surface area contributed by atoms with Crippen molar-refractivity contribution in [1.82, 2.24) is 19.6 Å². The van der Waals surface area contributed by atoms with Gasteiger partial charge in [-0.3, -0.25) is 0 Å². The first-order valence-corrected chi connectivity index (χ1v) is 11.1. The molecule has 32 heavy (non-hydrogen) atoms. The van der Waals surface area contributed by atoms with Crippen LogP contribution >= 0.6 is 0 Å². The fourth-order valence-corrected chi connectivity index (χ4v) is 5.09. The van der Waals surface area contributed by atoms with E-state index in [2.05, 4.69) is 71.6 Å². The molecule has 0 radical (unpaired) electrons. The molecule has 3 heterocycles. The second-order valence-corrected chi connectivity index (χ2v) is 9.22. The summed E-state index contributed by atoms with van der Waals surface area (Å²) in [4.78, 5) is 9.71. The molecule has 3 aromatic heterocycles. The van der Waals surface area contributed by atoms with E-state index in [-0.39, 0.29) is 5.54 Å². The summed E-state index contributed by atoms with van der Waals surface area (Å²) >= 11 is 0. The average Bonchev–Trinajstić information content (AvgIpc) is 3.19. The summed E-state index contributed by atoms with van der Waals surface area (Å²) in [6.07, 6.45) is 3.97. The van der Waals surface area contributed by atoms with E-state index in [1.807, 2.05) is 29.8 Å². The Labute approximate surface area is 186 Å². The third-order valence-corrected chi connectivity index (χ3v) is 6.62. The van der Waals surface area contributed by atoms with Crippen LogP contribution in [0.1, 0.15) is 31.0 Å². The minimum Gasteiger partial charge on any atom is -0.321 e. The van der Waals surface area contributed by atoms with Crippen molar-refractivity contribution in [3.8, 4) is 22.4 Å². The highest BCUT2D eigenvalue weighted by molar-refractivity contribution is 5.90. The number of fused-ring (bicyclic) bond motifs is 3. The van der Waals surface area contributed by atoms with Crippen LogP contribution in [0.25, 0.3) is 39.1 Å². The zero-order valence-electron chi connectivity index (χ0n) is 18.3. The number of rotatable bonds is 3. The third-order valence-electron chi connectivity index (χ3n) is 6.62. The third kappa shape index (κ3) is 3.00. The van der Waals surface area contributed by atoms with Gasteiger partial charge in [-0.25, -0.2) is 9.97 Å². The summed E-state index contributed by atoms with van der Waals surface area (Å²) in [5.41, 5.74) is 14.4. The van der Waals surface area contributed by atoms with Crippen LogP contribution in [0, 0.1) is 12.8 Å². The Morgan fingerprint density at radius 1 is 0.969 bits per heavy atom. The van der Waals surface area contributed by atoms with Crippen molar-refractivity contribution in [1.29, 1.82) is 0 Å². The molecular weight excluding hydrogens is 394 g/mol. The van der Waals surface area contributed by atoms with Gasteiger partial charge in [0.2, 0.25) is 0 Å². The molecule has 0 saturated heterocycles. The Morgan fingerprint density at radius 2 is 1.72 bits per heavy atom. The zero-order chi connectivity index (χ0) is 21.9. The summed E-state index contributed by atoms with van der Waals surface area (Å²) < 4.78 is 1.84. The fraction of sp³-hybridized carbons (Fsp3) is 0.222. The van der Waals surface area contributed by atoms with Gasteiger partial charge >= 0.3 is 0 Å². The van der Waals surface area contributed by atoms with E-state index >= 15 is 0 Å². The lowest BCUT2D eigenvalue weighted by Crippen LogP contribution is -2.47. The summed E-state index contributed by atoms with van der Waals surface area (Å²) in [7, 11) is 0. The Balaban J connectivity index is 1.56. The van der Waals surface area contributed by atoms with Crippen LogP contribution < -0.4 is 5.73 Å². The number of hydrogen-bond donors (Lipinski definition) is 1. The summed E-state index contributed by atoms with van der Waals surface area (Å²) in [5.74, 6) is 0.694. The number of aromatic nitrogens is 4. The van der Waals surface area contributed by atoms with E-state index < -0.39 is 0 Å². The molecule has 0 aliphatic heterocycles. The molecule has 1 aliphatic carbocycles. The quantitative estimate of drug-likeness (QED) is 0.419. The lowest BCUT2D eigenvalue weighted by molar-refractivity contribution is 0.164. The second-order valence-electron chi connectivity index (χ2n) is 9.22. The summed E-state index contributed by atoms with van der Waals surface area (Å²) in [5, 5.41) is 5.59. The Kier molecular flexibility index (Phi) is 4.17. The van der Waals surface area contributed by atoms with Gasteiger partial charge in [0.05, 0.1) is 11.4 Å². The monoisotopic (exact) mass is 419 g/mol. The van der Waals surface area contributed by atoms with Crippen molar-refractivity contribution in [2.75, 3.05) is 0 Å². The highest BCUT2D eigenvalue weighted by Crippen LogP contribution is 2.43. The smallest absolute Gasteiger partial charge is 0.165 e. The first-order chi connectivity index (χ1) is 15.5. The van der Waals surface area contributed by atoms with Crippen LogP contribution in [0.4, 0.5) is 0 Å². The molecule has 0 amide bonds. The summed E-state index contributed by atoms with van der Waals surface area (Å²) in [6, 6.07) is 23.2. The number of pyridine rings is 1. The lowest BCUT2D eigenvalue weighted by atomic mass is 9.66. The topological polar surface area (TPSA) is 69.1 Å². The number of hydrogen-bond acceptors (Lipinski definition) is 4. The van der Waals surface area contributed by atoms with E-state index in [1.54, 1.807) is 0 Å². The van der Waals surface area contributed by atoms with Crippen molar-refractivity contribution in [2.24, 2.45) is 11.7 Å². The van der Waals surface area contributed by atoms with Crippen LogP contribution in [0.15, 0.2) is 72.9 Å². The number of benzene rings is 2. The SMILES string of the molecule is Cc1cc2ncc3cc(-c4ccccc4)c(-c4ccc(C5(N)CC(C)C5)cc4)nc3n2n1. The molecule has 1 fully saturated rings. The molecule has 2 N–H and O–H groups in total. The molecule has 1 aliphatic rings. The maximum Gasteiger partial charge on any atom is 0.165 e. The summed E-state index contributed by atoms with van der Waals surface area (Å²) in [6.45, 7) is 4.24. The first kappa shape index (κ1) is 19.1. The predicted octanol–water partition coefficient (Wildman–Crippen LogP) is 5.50. The minimum absolute atomic E-state index is 0.193. The number of nitrogens with two attached hydrogens (primary N) is 1. The maximum atomic E-state index is 6.63. The normalized spacial score (nSPS) is 20.5. The average molecular weight is 420 g/mol. The largest absolute Gasteiger partial charge is 0.321 e. The molecule has 1 saturated carbocycles. The molecule has 0 unspecified atom stereocenters. The van der Waals surface area contributed by atoms with Gasteiger partial charge in [0, 0.05) is 34.3 Å². The molecular formula is C27H25N5. The predicted molar refractivity (Wildman–Crippen MR) is 128 cm³/mol. The van der Waals surface area contributed by atoms with Crippen molar-refractivity contribution >= 4 is 16.7 Å². The van der Waals surface area contributed by atoms with Crippen LogP contribution in [-0.4, -0.2) is 19.6 Å². The van der Waals surface area contributed by atoms with Crippen LogP contribution in [0.5, 0.6) is 0 Å². The van der Waals surface area contributed by atoms with Crippen LogP contribution in [0.2, 0.25) is 0 Å². The zero-order valence-corrected chi connectivity index (χ0v) is 18.3. The second kappa shape index (κ2) is 6.97. The highest BCUT2D eigenvalue weighted by Gasteiger charge is 2.39. The van der Waals surface area contributed by atoms with E-state index in [9.17, 15) is 0 Å². The molecule has 0 bridgehead atoms. The van der Waals surface area contributed by atoms with Crippen molar-refractivity contribution < 1.29 is 0 Å². The van der Waals surface area contributed by atoms with Crippen molar-refractivity contribution in [2.45, 2.75) is 32.2 Å². The molecule has 5 nitrogen and oxygen atoms in total. The van der Waals surface area contributed by atoms with Gasteiger partial charge in [-0.2, -0.15) is 9.61 Å². The first-order valence-electron chi connectivity index (χ1n) is 11.1. The fourth-order valence-electron chi connectivity index (χ4n) is 5.09. The van der Waals surface area contributed by atoms with E-state index in [4.69, 9.17) is 10.7 Å². The number of aryl methyl sites for hydroxylation is 1. The van der Waals surface area contributed by atoms with Gasteiger partial charge in [-0.05, 0) is 42.9 Å². The highest BCUT2D eigenvalue weighted by atomic mass is 15.3. The molecule has 0 atom stereocenters. The van der Waals surface area contributed by atoms with Crippen molar-refractivity contribution in [3.05, 3.63) is 84.2 Å². The van der Waals surface area contributed by atoms with Gasteiger partial charge < -0.3 is 5.73 Å². The van der Waals surface area contributed by atoms with Gasteiger partial charge in [0.25, 0.3) is 0 Å². The molecule has 5 heteroatoms. The van der Waals surface area contributed by atoms with E-state index in [0.717, 1.165) is 57.6 Å². The molecule has 6 rings (SSSR count). The van der Waals surface area contributed by atoms with E-state index in [0.29, 0.717) is 5.92 Å². The number of nitrogens with zero attached hydrogens (tertiary/aromatic N) is 4. The van der Waals surface area contributed by atoms with E-state index in [1.165, 1.54) is 5.56 Å². The molecule has 2 aromatic carbocycles. The maximum absolute atomic E-state index is 6.63. The van der Waals surface area contributed by atoms with Gasteiger partial charge in [0.15, 0.2) is 11.3 Å². The Morgan fingerprint density at radius 3 is 2.44 bits per heavy atom. The van der Waals surface area contributed by atoms with Gasteiger partial charge in [0.1, 0.15) is 0 Å². The van der Waals surface area contributed by atoms with Crippen LogP contribution in [-0.2, 0) is 5.54 Å². The lowest BCUT2D eigenvalue weighted by Gasteiger charge is -2.44. The Bertz CT molecular complexity index is 1440. The van der Waals surface area contributed by atoms with Crippen molar-refractivity contribution in [3.63, 3.8) is 0 Å². The van der Waals surface area contributed by atoms with Gasteiger partial charge in [-0.15, -0.1) is 0 Å². The molecule has 0 spiro atoms. The Hall–Kier alpha value is -3.57. The minimum atomic E-state index is -0.193. The molecule has 158 valence electrons.